The molecule has 2 aromatic heterocycles. The molecule has 1 saturated heterocycles. The number of aromatic amines is 1. The van der Waals surface area contributed by atoms with Crippen molar-refractivity contribution in [1.82, 2.24) is 19.9 Å². The summed E-state index contributed by atoms with van der Waals surface area (Å²) in [5.41, 5.74) is 7.33. The zero-order valence-corrected chi connectivity index (χ0v) is 13.7. The number of primary amides is 1. The Labute approximate surface area is 144 Å². The minimum absolute atomic E-state index is 0.213. The second-order valence-corrected chi connectivity index (χ2v) is 6.21. The minimum atomic E-state index is -0.275. The predicted molar refractivity (Wildman–Crippen MR) is 93.0 cm³/mol. The van der Waals surface area contributed by atoms with Crippen molar-refractivity contribution in [3.05, 3.63) is 48.5 Å². The van der Waals surface area contributed by atoms with E-state index >= 15 is 0 Å². The highest BCUT2D eigenvalue weighted by molar-refractivity contribution is 5.81. The van der Waals surface area contributed by atoms with Crippen molar-refractivity contribution in [2.24, 2.45) is 5.73 Å². The molecule has 7 nitrogen and oxygen atoms in total. The molecule has 1 aromatic carbocycles. The smallest absolute Gasteiger partial charge is 0.234 e. The van der Waals surface area contributed by atoms with Crippen LogP contribution in [0.25, 0.3) is 10.9 Å². The molecule has 3 N–H and O–H groups in total. The topological polar surface area (TPSA) is 97.1 Å². The summed E-state index contributed by atoms with van der Waals surface area (Å²) in [6.45, 7) is 1.40. The molecule has 3 heterocycles. The van der Waals surface area contributed by atoms with Crippen molar-refractivity contribution in [3.8, 4) is 11.6 Å². The number of hydrogen-bond donors (Lipinski definition) is 2. The van der Waals surface area contributed by atoms with Gasteiger partial charge in [0.2, 0.25) is 11.8 Å². The van der Waals surface area contributed by atoms with Crippen molar-refractivity contribution in [2.75, 3.05) is 6.54 Å². The highest BCUT2D eigenvalue weighted by Gasteiger charge is 2.29. The molecule has 128 valence electrons. The molecule has 1 aliphatic heterocycles. The fourth-order valence-electron chi connectivity index (χ4n) is 3.28. The number of aromatic nitrogens is 3. The summed E-state index contributed by atoms with van der Waals surface area (Å²) in [4.78, 5) is 25.2. The number of carbonyl (C=O) groups is 1. The number of H-pyrrole nitrogens is 1. The first-order valence-corrected chi connectivity index (χ1v) is 8.28. The molecule has 1 aliphatic rings. The van der Waals surface area contributed by atoms with E-state index in [0.717, 1.165) is 36.0 Å². The molecular weight excluding hydrogens is 318 g/mol. The van der Waals surface area contributed by atoms with Crippen molar-refractivity contribution >= 4 is 16.8 Å². The summed E-state index contributed by atoms with van der Waals surface area (Å²) >= 11 is 0. The van der Waals surface area contributed by atoms with E-state index in [1.54, 1.807) is 6.07 Å². The molecule has 4 rings (SSSR count). The van der Waals surface area contributed by atoms with Crippen LogP contribution in [-0.4, -0.2) is 38.3 Å². The molecule has 1 amide bonds. The van der Waals surface area contributed by atoms with Gasteiger partial charge in [-0.3, -0.25) is 9.69 Å². The number of fused-ring (bicyclic) bond motifs is 1. The van der Waals surface area contributed by atoms with Gasteiger partial charge >= 0.3 is 0 Å². The number of ether oxygens (including phenoxy) is 1. The van der Waals surface area contributed by atoms with Gasteiger partial charge in [-0.05, 0) is 43.7 Å². The van der Waals surface area contributed by atoms with Gasteiger partial charge in [0.1, 0.15) is 12.1 Å². The van der Waals surface area contributed by atoms with Gasteiger partial charge in [-0.1, -0.05) is 0 Å². The lowest BCUT2D eigenvalue weighted by atomic mass is 10.2. The number of hydrogen-bond acceptors (Lipinski definition) is 5. The van der Waals surface area contributed by atoms with Crippen LogP contribution in [0.15, 0.2) is 42.9 Å². The monoisotopic (exact) mass is 337 g/mol. The number of benzene rings is 1. The quantitative estimate of drug-likeness (QED) is 0.744. The Morgan fingerprint density at radius 3 is 3.12 bits per heavy atom. The number of amides is 1. The van der Waals surface area contributed by atoms with E-state index in [1.807, 2.05) is 30.5 Å². The fraction of sp³-hybridized carbons (Fsp3) is 0.278. The van der Waals surface area contributed by atoms with Crippen molar-refractivity contribution in [3.63, 3.8) is 0 Å². The van der Waals surface area contributed by atoms with Gasteiger partial charge in [0, 0.05) is 29.7 Å². The third-order valence-corrected chi connectivity index (χ3v) is 4.50. The average Bonchev–Trinajstić information content (AvgIpc) is 3.23. The molecule has 0 saturated carbocycles. The van der Waals surface area contributed by atoms with Crippen LogP contribution in [0.5, 0.6) is 11.6 Å². The van der Waals surface area contributed by atoms with E-state index in [2.05, 4.69) is 19.9 Å². The number of nitrogens with one attached hydrogen (secondary N) is 1. The number of nitrogens with two attached hydrogens (primary N) is 1. The normalized spacial score (nSPS) is 17.8. The molecule has 25 heavy (non-hydrogen) atoms. The van der Waals surface area contributed by atoms with E-state index in [0.29, 0.717) is 18.2 Å². The molecule has 1 atom stereocenters. The average molecular weight is 337 g/mol. The van der Waals surface area contributed by atoms with Crippen LogP contribution in [0.2, 0.25) is 0 Å². The highest BCUT2D eigenvalue weighted by Crippen LogP contribution is 2.25. The Balaban J connectivity index is 1.50. The molecule has 0 unspecified atom stereocenters. The number of carbonyl (C=O) groups excluding carboxylic acids is 1. The summed E-state index contributed by atoms with van der Waals surface area (Å²) in [6, 6.07) is 9.40. The molecule has 0 radical (unpaired) electrons. The second-order valence-electron chi connectivity index (χ2n) is 6.21. The fourth-order valence-corrected chi connectivity index (χ4v) is 3.28. The van der Waals surface area contributed by atoms with Gasteiger partial charge in [0.05, 0.1) is 11.7 Å². The number of rotatable bonds is 5. The Morgan fingerprint density at radius 1 is 1.32 bits per heavy atom. The molecule has 0 aliphatic carbocycles. The maximum Gasteiger partial charge on any atom is 0.234 e. The largest absolute Gasteiger partial charge is 0.439 e. The molecule has 7 heteroatoms. The van der Waals surface area contributed by atoms with Gasteiger partial charge in [-0.15, -0.1) is 0 Å². The Hall–Kier alpha value is -2.93. The van der Waals surface area contributed by atoms with Crippen molar-refractivity contribution in [1.29, 1.82) is 0 Å². The number of likely N-dealkylation sites (tertiary alicyclic amines) is 1. The lowest BCUT2D eigenvalue weighted by molar-refractivity contribution is -0.122. The van der Waals surface area contributed by atoms with E-state index in [-0.39, 0.29) is 11.9 Å². The summed E-state index contributed by atoms with van der Waals surface area (Å²) in [6.07, 6.45) is 5.15. The van der Waals surface area contributed by atoms with E-state index < -0.39 is 0 Å². The Morgan fingerprint density at radius 2 is 2.24 bits per heavy atom. The zero-order chi connectivity index (χ0) is 17.2. The van der Waals surface area contributed by atoms with Gasteiger partial charge in [-0.2, -0.15) is 0 Å². The first-order valence-electron chi connectivity index (χ1n) is 8.28. The molecule has 1 fully saturated rings. The molecule has 3 aromatic rings. The third kappa shape index (κ3) is 3.32. The van der Waals surface area contributed by atoms with Crippen molar-refractivity contribution in [2.45, 2.75) is 25.4 Å². The number of nitrogens with zero attached hydrogens (tertiary/aromatic N) is 3. The van der Waals surface area contributed by atoms with Crippen LogP contribution >= 0.6 is 0 Å². The first kappa shape index (κ1) is 15.6. The summed E-state index contributed by atoms with van der Waals surface area (Å²) in [5.74, 6) is 0.922. The first-order chi connectivity index (χ1) is 12.2. The van der Waals surface area contributed by atoms with Gasteiger partial charge in [0.15, 0.2) is 0 Å². The van der Waals surface area contributed by atoms with Crippen molar-refractivity contribution < 1.29 is 9.53 Å². The van der Waals surface area contributed by atoms with E-state index in [4.69, 9.17) is 10.5 Å². The Bertz CT molecular complexity index is 907. The molecule has 0 spiro atoms. The van der Waals surface area contributed by atoms with Crippen LogP contribution in [0.1, 0.15) is 18.5 Å². The molecule has 0 bridgehead atoms. The standard InChI is InChI=1S/C18H19N5O2/c19-18(24)16-2-1-7-23(16)10-13-9-17(22-11-21-13)25-14-3-4-15-12(8-14)5-6-20-15/h3-6,8-9,11,16,20H,1-2,7,10H2,(H2,19,24)/t16-/m0/s1. The highest BCUT2D eigenvalue weighted by atomic mass is 16.5. The summed E-state index contributed by atoms with van der Waals surface area (Å²) in [7, 11) is 0. The van der Waals surface area contributed by atoms with E-state index in [1.165, 1.54) is 6.33 Å². The lowest BCUT2D eigenvalue weighted by Gasteiger charge is -2.21. The summed E-state index contributed by atoms with van der Waals surface area (Å²) < 4.78 is 5.86. The van der Waals surface area contributed by atoms with Gasteiger partial charge < -0.3 is 15.5 Å². The third-order valence-electron chi connectivity index (χ3n) is 4.50. The lowest BCUT2D eigenvalue weighted by Crippen LogP contribution is -2.39. The second kappa shape index (κ2) is 6.52. The van der Waals surface area contributed by atoms with Gasteiger partial charge in [0.25, 0.3) is 0 Å². The molecular formula is C18H19N5O2. The van der Waals surface area contributed by atoms with Crippen LogP contribution in [0.3, 0.4) is 0 Å². The van der Waals surface area contributed by atoms with Crippen LogP contribution in [0, 0.1) is 0 Å². The van der Waals surface area contributed by atoms with E-state index in [9.17, 15) is 4.79 Å². The minimum Gasteiger partial charge on any atom is -0.439 e. The van der Waals surface area contributed by atoms with Crippen LogP contribution in [0.4, 0.5) is 0 Å². The maximum atomic E-state index is 11.5. The zero-order valence-electron chi connectivity index (χ0n) is 13.7. The van der Waals surface area contributed by atoms with Gasteiger partial charge in [-0.25, -0.2) is 9.97 Å². The predicted octanol–water partition coefficient (Wildman–Crippen LogP) is 2.20. The SMILES string of the molecule is NC(=O)[C@@H]1CCCN1Cc1cc(Oc2ccc3[nH]ccc3c2)ncn1. The van der Waals surface area contributed by atoms with Crippen LogP contribution in [-0.2, 0) is 11.3 Å². The summed E-state index contributed by atoms with van der Waals surface area (Å²) in [5, 5.41) is 1.08. The maximum absolute atomic E-state index is 11.5. The van der Waals surface area contributed by atoms with Crippen LogP contribution < -0.4 is 10.5 Å². The Kier molecular flexibility index (Phi) is 4.07.